The molecule has 1 amide bonds. The van der Waals surface area contributed by atoms with E-state index in [-0.39, 0.29) is 34.7 Å². The number of rotatable bonds is 8. The Labute approximate surface area is 264 Å². The summed E-state index contributed by atoms with van der Waals surface area (Å²) >= 11 is 5.90. The Bertz CT molecular complexity index is 1720. The number of anilines is 5. The number of alkyl halides is 6. The molecule has 1 aliphatic heterocycles. The van der Waals surface area contributed by atoms with Gasteiger partial charge in [-0.15, -0.1) is 0 Å². The summed E-state index contributed by atoms with van der Waals surface area (Å²) in [5.41, 5.74) is -1.23. The van der Waals surface area contributed by atoms with Crippen LogP contribution in [0.25, 0.3) is 0 Å². The third kappa shape index (κ3) is 8.08. The summed E-state index contributed by atoms with van der Waals surface area (Å²) in [6.45, 7) is 4.77. The van der Waals surface area contributed by atoms with Crippen LogP contribution in [0.5, 0.6) is 0 Å². The quantitative estimate of drug-likeness (QED) is 0.166. The minimum absolute atomic E-state index is 0.171. The van der Waals surface area contributed by atoms with Gasteiger partial charge < -0.3 is 20.0 Å². The Morgan fingerprint density at radius 2 is 1.65 bits per heavy atom. The minimum Gasteiger partial charge on any atom is -0.418 e. The SMILES string of the molecule is Cc1cc(Nc2ccc(CN3CCN(C)CC3)c(C(F)(F)F)c2)cc(Nc2ncc(C(=O)Nc3c(Cl)cccc3C(F)(F)F)o2)n1. The molecule has 0 radical (unpaired) electrons. The Hall–Kier alpha value is -4.34. The first-order valence-electron chi connectivity index (χ1n) is 13.9. The van der Waals surface area contributed by atoms with Crippen LogP contribution in [0.3, 0.4) is 0 Å². The number of amides is 1. The molecule has 3 heterocycles. The van der Waals surface area contributed by atoms with Crippen LogP contribution in [-0.2, 0) is 18.9 Å². The molecule has 0 spiro atoms. The maximum absolute atomic E-state index is 14.0. The van der Waals surface area contributed by atoms with Crippen LogP contribution in [0.2, 0.25) is 5.02 Å². The summed E-state index contributed by atoms with van der Waals surface area (Å²) in [6.07, 6.45) is -8.33. The van der Waals surface area contributed by atoms with E-state index in [1.807, 2.05) is 11.9 Å². The van der Waals surface area contributed by atoms with Crippen molar-refractivity contribution in [1.82, 2.24) is 19.8 Å². The molecule has 0 unspecified atom stereocenters. The number of oxazole rings is 1. The van der Waals surface area contributed by atoms with Gasteiger partial charge in [0.15, 0.2) is 0 Å². The fourth-order valence-corrected chi connectivity index (χ4v) is 5.11. The number of halogens is 7. The van der Waals surface area contributed by atoms with E-state index in [1.165, 1.54) is 18.2 Å². The number of hydrogen-bond donors (Lipinski definition) is 3. The number of pyridine rings is 1. The zero-order chi connectivity index (χ0) is 33.2. The van der Waals surface area contributed by atoms with Gasteiger partial charge in [-0.25, -0.2) is 9.97 Å². The lowest BCUT2D eigenvalue weighted by Crippen LogP contribution is -2.44. The van der Waals surface area contributed by atoms with Crippen LogP contribution in [-0.4, -0.2) is 58.9 Å². The van der Waals surface area contributed by atoms with Gasteiger partial charge in [-0.1, -0.05) is 23.7 Å². The summed E-state index contributed by atoms with van der Waals surface area (Å²) in [5, 5.41) is 7.50. The molecule has 5 rings (SSSR count). The molecule has 1 saturated heterocycles. The van der Waals surface area contributed by atoms with Crippen molar-refractivity contribution in [1.29, 1.82) is 0 Å². The number of piperazine rings is 1. The summed E-state index contributed by atoms with van der Waals surface area (Å²) in [5.74, 6) is -1.28. The molecule has 46 heavy (non-hydrogen) atoms. The third-order valence-electron chi connectivity index (χ3n) is 7.17. The first-order valence-corrected chi connectivity index (χ1v) is 14.3. The number of benzene rings is 2. The Kier molecular flexibility index (Phi) is 9.47. The van der Waals surface area contributed by atoms with Crippen LogP contribution < -0.4 is 16.0 Å². The molecule has 2 aromatic heterocycles. The molecule has 1 aliphatic rings. The van der Waals surface area contributed by atoms with E-state index in [2.05, 4.69) is 30.8 Å². The van der Waals surface area contributed by atoms with E-state index in [0.29, 0.717) is 24.5 Å². The molecule has 244 valence electrons. The van der Waals surface area contributed by atoms with Crippen molar-refractivity contribution < 1.29 is 35.6 Å². The second-order valence-electron chi connectivity index (χ2n) is 10.7. The van der Waals surface area contributed by atoms with Gasteiger partial charge in [0, 0.05) is 55.9 Å². The Morgan fingerprint density at radius 1 is 0.935 bits per heavy atom. The van der Waals surface area contributed by atoms with E-state index in [0.717, 1.165) is 37.5 Å². The molecule has 2 aromatic carbocycles. The molecule has 16 heteroatoms. The maximum Gasteiger partial charge on any atom is 0.418 e. The third-order valence-corrected chi connectivity index (χ3v) is 7.48. The predicted molar refractivity (Wildman–Crippen MR) is 161 cm³/mol. The van der Waals surface area contributed by atoms with Crippen LogP contribution >= 0.6 is 11.6 Å². The van der Waals surface area contributed by atoms with Crippen molar-refractivity contribution in [2.75, 3.05) is 49.2 Å². The lowest BCUT2D eigenvalue weighted by atomic mass is 10.0. The van der Waals surface area contributed by atoms with Gasteiger partial charge in [-0.2, -0.15) is 26.3 Å². The van der Waals surface area contributed by atoms with E-state index >= 15 is 0 Å². The van der Waals surface area contributed by atoms with Crippen molar-refractivity contribution in [2.45, 2.75) is 25.8 Å². The fraction of sp³-hybridized carbons (Fsp3) is 0.300. The van der Waals surface area contributed by atoms with Gasteiger partial charge in [0.05, 0.1) is 28.0 Å². The monoisotopic (exact) mass is 667 g/mol. The first kappa shape index (κ1) is 33.0. The van der Waals surface area contributed by atoms with Gasteiger partial charge in [-0.05, 0) is 49.9 Å². The van der Waals surface area contributed by atoms with Crippen molar-refractivity contribution in [3.8, 4) is 0 Å². The predicted octanol–water partition coefficient (Wildman–Crippen LogP) is 7.56. The van der Waals surface area contributed by atoms with Gasteiger partial charge in [0.2, 0.25) is 5.76 Å². The lowest BCUT2D eigenvalue weighted by molar-refractivity contribution is -0.138. The number of para-hydroxylation sites is 1. The smallest absolute Gasteiger partial charge is 0.418 e. The van der Waals surface area contributed by atoms with Crippen LogP contribution in [0, 0.1) is 6.92 Å². The summed E-state index contributed by atoms with van der Waals surface area (Å²) in [7, 11) is 1.98. The molecule has 4 aromatic rings. The maximum atomic E-state index is 14.0. The molecule has 3 N–H and O–H groups in total. The van der Waals surface area contributed by atoms with Crippen LogP contribution in [0.1, 0.15) is 32.9 Å². The zero-order valence-corrected chi connectivity index (χ0v) is 25.2. The Morgan fingerprint density at radius 3 is 2.35 bits per heavy atom. The molecular weight excluding hydrogens is 640 g/mol. The van der Waals surface area contributed by atoms with Gasteiger partial charge in [0.1, 0.15) is 5.82 Å². The first-order chi connectivity index (χ1) is 21.7. The second kappa shape index (κ2) is 13.2. The molecule has 9 nitrogen and oxygen atoms in total. The van der Waals surface area contributed by atoms with Gasteiger partial charge >= 0.3 is 18.4 Å². The molecule has 0 aliphatic carbocycles. The number of carbonyl (C=O) groups is 1. The van der Waals surface area contributed by atoms with E-state index in [1.54, 1.807) is 19.1 Å². The van der Waals surface area contributed by atoms with Crippen molar-refractivity contribution in [2.24, 2.45) is 0 Å². The van der Waals surface area contributed by atoms with E-state index in [4.69, 9.17) is 16.0 Å². The largest absolute Gasteiger partial charge is 0.418 e. The number of carbonyl (C=O) groups excluding carboxylic acids is 1. The number of aryl methyl sites for hydroxylation is 1. The summed E-state index contributed by atoms with van der Waals surface area (Å²) in [4.78, 5) is 25.0. The summed E-state index contributed by atoms with van der Waals surface area (Å²) in [6, 6.07) is 10.1. The van der Waals surface area contributed by atoms with Gasteiger partial charge in [-0.3, -0.25) is 15.0 Å². The van der Waals surface area contributed by atoms with Crippen molar-refractivity contribution in [3.05, 3.63) is 87.9 Å². The molecule has 1 fully saturated rings. The number of likely N-dealkylation sites (N-methyl/N-ethyl adjacent to an activating group) is 1. The number of nitrogens with one attached hydrogen (secondary N) is 3. The van der Waals surface area contributed by atoms with E-state index < -0.39 is 40.8 Å². The highest BCUT2D eigenvalue weighted by molar-refractivity contribution is 6.34. The zero-order valence-electron chi connectivity index (χ0n) is 24.5. The van der Waals surface area contributed by atoms with Crippen molar-refractivity contribution >= 4 is 46.4 Å². The molecule has 0 atom stereocenters. The molecule has 0 bridgehead atoms. The highest BCUT2D eigenvalue weighted by Crippen LogP contribution is 2.39. The lowest BCUT2D eigenvalue weighted by Gasteiger charge is -2.33. The summed E-state index contributed by atoms with van der Waals surface area (Å²) < 4.78 is 87.7. The van der Waals surface area contributed by atoms with Crippen molar-refractivity contribution in [3.63, 3.8) is 0 Å². The molecular formula is C30H28ClF6N7O2. The van der Waals surface area contributed by atoms with Crippen LogP contribution in [0.15, 0.2) is 59.1 Å². The second-order valence-corrected chi connectivity index (χ2v) is 11.1. The number of hydrogen-bond acceptors (Lipinski definition) is 8. The van der Waals surface area contributed by atoms with E-state index in [9.17, 15) is 31.1 Å². The normalized spacial score (nSPS) is 14.7. The molecule has 0 saturated carbocycles. The average Bonchev–Trinajstić information content (AvgIpc) is 3.43. The highest BCUT2D eigenvalue weighted by atomic mass is 35.5. The minimum atomic E-state index is -4.77. The number of nitrogens with zero attached hydrogens (tertiary/aromatic N) is 4. The Balaban J connectivity index is 1.30. The highest BCUT2D eigenvalue weighted by Gasteiger charge is 2.36. The number of aromatic nitrogens is 2. The van der Waals surface area contributed by atoms with Crippen LogP contribution in [0.4, 0.5) is 55.2 Å². The topological polar surface area (TPSA) is 98.6 Å². The average molecular weight is 668 g/mol. The standard InChI is InChI=1S/C30H28ClF6N7O2/c1-17-12-20(40-19-7-6-18(22(13-19)30(35,36)37)16-44-10-8-43(2)9-11-44)14-25(39-17)41-28-38-15-24(46-28)27(45)42-26-21(29(32,33)34)4-3-5-23(26)31/h3-7,12-15H,8-11,16H2,1-2H3,(H,42,45)(H2,38,39,40,41). The van der Waals surface area contributed by atoms with Gasteiger partial charge in [0.25, 0.3) is 5.91 Å². The fourth-order valence-electron chi connectivity index (χ4n) is 4.88.